The smallest absolute Gasteiger partial charge is 0.226 e. The van der Waals surface area contributed by atoms with Crippen molar-refractivity contribution in [2.24, 2.45) is 0 Å². The van der Waals surface area contributed by atoms with Crippen molar-refractivity contribution in [1.29, 1.82) is 0 Å². The summed E-state index contributed by atoms with van der Waals surface area (Å²) in [6.07, 6.45) is 0.317. The molecule has 0 atom stereocenters. The van der Waals surface area contributed by atoms with Crippen LogP contribution in [0.4, 0.5) is 5.82 Å². The lowest BCUT2D eigenvalue weighted by Gasteiger charge is -2.04. The maximum atomic E-state index is 11.9. The Hall–Kier alpha value is -2.68. The monoisotopic (exact) mass is 344 g/mol. The summed E-state index contributed by atoms with van der Waals surface area (Å²) in [6, 6.07) is 9.57. The summed E-state index contributed by atoms with van der Waals surface area (Å²) < 4.78 is 6.56. The Morgan fingerprint density at radius 2 is 2.08 bits per heavy atom. The molecule has 3 rings (SSSR count). The van der Waals surface area contributed by atoms with Gasteiger partial charge in [-0.25, -0.2) is 0 Å². The van der Waals surface area contributed by atoms with Gasteiger partial charge in [-0.2, -0.15) is 4.68 Å². The first kappa shape index (κ1) is 16.2. The molecule has 1 N–H and O–H groups in total. The van der Waals surface area contributed by atoms with Crippen LogP contribution in [-0.2, 0) is 4.79 Å². The van der Waals surface area contributed by atoms with Crippen LogP contribution in [0.1, 0.15) is 17.7 Å². The number of tetrazole rings is 1. The van der Waals surface area contributed by atoms with E-state index in [-0.39, 0.29) is 5.91 Å². The molecule has 24 heavy (non-hydrogen) atoms. The van der Waals surface area contributed by atoms with Crippen molar-refractivity contribution in [2.45, 2.75) is 25.4 Å². The minimum absolute atomic E-state index is 0.134. The predicted octanol–water partition coefficient (Wildman–Crippen LogP) is 2.39. The number of aryl methyl sites for hydroxylation is 2. The van der Waals surface area contributed by atoms with E-state index >= 15 is 0 Å². The Labute approximate surface area is 142 Å². The second kappa shape index (κ2) is 7.26. The van der Waals surface area contributed by atoms with E-state index in [1.807, 2.05) is 31.2 Å². The van der Waals surface area contributed by atoms with Crippen LogP contribution in [0, 0.1) is 13.8 Å². The number of amides is 1. The summed E-state index contributed by atoms with van der Waals surface area (Å²) >= 11 is 1.42. The van der Waals surface area contributed by atoms with Crippen LogP contribution in [0.15, 0.2) is 40.0 Å². The zero-order valence-electron chi connectivity index (χ0n) is 13.3. The van der Waals surface area contributed by atoms with Gasteiger partial charge in [0.25, 0.3) is 0 Å². The van der Waals surface area contributed by atoms with Crippen molar-refractivity contribution in [3.8, 4) is 5.69 Å². The molecule has 0 aliphatic heterocycles. The number of hydrogen-bond acceptors (Lipinski definition) is 7. The first-order valence-corrected chi connectivity index (χ1v) is 8.32. The first-order valence-electron chi connectivity index (χ1n) is 7.33. The fourth-order valence-corrected chi connectivity index (χ4v) is 2.81. The molecule has 0 radical (unpaired) electrons. The normalized spacial score (nSPS) is 10.8. The molecular formula is C15H16N6O2S. The third kappa shape index (κ3) is 3.99. The molecule has 8 nitrogen and oxygen atoms in total. The van der Waals surface area contributed by atoms with Gasteiger partial charge < -0.3 is 9.84 Å². The number of benzene rings is 1. The van der Waals surface area contributed by atoms with Crippen LogP contribution >= 0.6 is 11.8 Å². The van der Waals surface area contributed by atoms with E-state index in [0.717, 1.165) is 5.69 Å². The number of thioether (sulfide) groups is 1. The van der Waals surface area contributed by atoms with Crippen LogP contribution in [-0.4, -0.2) is 37.0 Å². The van der Waals surface area contributed by atoms with Crippen molar-refractivity contribution in [1.82, 2.24) is 25.4 Å². The van der Waals surface area contributed by atoms with Crippen LogP contribution in [0.2, 0.25) is 0 Å². The standard InChI is InChI=1S/C15H16N6O2S/c1-10-3-5-12(6-4-10)21-15(17-19-20-21)24-8-7-14(22)16-13-9-11(2)23-18-13/h3-6,9H,7-8H2,1-2H3,(H,16,18,22). The van der Waals surface area contributed by atoms with Crippen LogP contribution in [0.5, 0.6) is 0 Å². The Morgan fingerprint density at radius 1 is 1.29 bits per heavy atom. The second-order valence-corrected chi connectivity index (χ2v) is 6.24. The number of carbonyl (C=O) groups excluding carboxylic acids is 1. The van der Waals surface area contributed by atoms with Gasteiger partial charge in [-0.1, -0.05) is 34.6 Å². The SMILES string of the molecule is Cc1ccc(-n2nnnc2SCCC(=O)Nc2cc(C)on2)cc1. The van der Waals surface area contributed by atoms with Gasteiger partial charge in [0, 0.05) is 18.2 Å². The van der Waals surface area contributed by atoms with Gasteiger partial charge >= 0.3 is 0 Å². The highest BCUT2D eigenvalue weighted by Crippen LogP contribution is 2.19. The number of nitrogens with zero attached hydrogens (tertiary/aromatic N) is 5. The molecule has 1 amide bonds. The van der Waals surface area contributed by atoms with Crippen molar-refractivity contribution < 1.29 is 9.32 Å². The zero-order valence-corrected chi connectivity index (χ0v) is 14.1. The van der Waals surface area contributed by atoms with E-state index in [4.69, 9.17) is 4.52 Å². The number of carbonyl (C=O) groups is 1. The topological polar surface area (TPSA) is 98.7 Å². The lowest BCUT2D eigenvalue weighted by atomic mass is 10.2. The summed E-state index contributed by atoms with van der Waals surface area (Å²) in [6.45, 7) is 3.79. The molecule has 0 spiro atoms. The Kier molecular flexibility index (Phi) is 4.90. The lowest BCUT2D eigenvalue weighted by molar-refractivity contribution is -0.115. The van der Waals surface area contributed by atoms with Crippen molar-refractivity contribution in [3.05, 3.63) is 41.7 Å². The highest BCUT2D eigenvalue weighted by atomic mass is 32.2. The van der Waals surface area contributed by atoms with Gasteiger partial charge in [0.1, 0.15) is 5.76 Å². The van der Waals surface area contributed by atoms with Crippen LogP contribution in [0.25, 0.3) is 5.69 Å². The quantitative estimate of drug-likeness (QED) is 0.685. The molecule has 0 fully saturated rings. The molecule has 0 saturated carbocycles. The largest absolute Gasteiger partial charge is 0.360 e. The molecule has 2 aromatic heterocycles. The molecule has 124 valence electrons. The van der Waals surface area contributed by atoms with Gasteiger partial charge in [-0.15, -0.1) is 5.10 Å². The number of aromatic nitrogens is 5. The second-order valence-electron chi connectivity index (χ2n) is 5.18. The van der Waals surface area contributed by atoms with Gasteiger partial charge in [-0.05, 0) is 36.4 Å². The molecule has 0 aliphatic rings. The van der Waals surface area contributed by atoms with E-state index < -0.39 is 0 Å². The maximum absolute atomic E-state index is 11.9. The summed E-state index contributed by atoms with van der Waals surface area (Å²) in [5, 5.41) is 18.8. The van der Waals surface area contributed by atoms with Crippen LogP contribution < -0.4 is 5.32 Å². The predicted molar refractivity (Wildman–Crippen MR) is 89.1 cm³/mol. The van der Waals surface area contributed by atoms with E-state index in [1.54, 1.807) is 17.7 Å². The number of anilines is 1. The van der Waals surface area contributed by atoms with Crippen molar-refractivity contribution in [2.75, 3.05) is 11.1 Å². The van der Waals surface area contributed by atoms with E-state index in [0.29, 0.717) is 28.9 Å². The fraction of sp³-hybridized carbons (Fsp3) is 0.267. The summed E-state index contributed by atoms with van der Waals surface area (Å²) in [7, 11) is 0. The molecule has 0 aliphatic carbocycles. The fourth-order valence-electron chi connectivity index (χ4n) is 1.98. The van der Waals surface area contributed by atoms with Gasteiger partial charge in [0.2, 0.25) is 11.1 Å². The molecule has 2 heterocycles. The summed E-state index contributed by atoms with van der Waals surface area (Å²) in [4.78, 5) is 11.9. The third-order valence-electron chi connectivity index (χ3n) is 3.18. The van der Waals surface area contributed by atoms with Gasteiger partial charge in [-0.3, -0.25) is 4.79 Å². The lowest BCUT2D eigenvalue weighted by Crippen LogP contribution is -2.12. The minimum atomic E-state index is -0.134. The first-order chi connectivity index (χ1) is 11.6. The molecule has 9 heteroatoms. The number of rotatable bonds is 6. The third-order valence-corrected chi connectivity index (χ3v) is 4.10. The van der Waals surface area contributed by atoms with Crippen LogP contribution in [0.3, 0.4) is 0 Å². The zero-order chi connectivity index (χ0) is 16.9. The highest BCUT2D eigenvalue weighted by Gasteiger charge is 2.11. The molecule has 1 aromatic carbocycles. The molecular weight excluding hydrogens is 328 g/mol. The Balaban J connectivity index is 1.55. The molecule has 0 bridgehead atoms. The minimum Gasteiger partial charge on any atom is -0.360 e. The van der Waals surface area contributed by atoms with Crippen molar-refractivity contribution >= 4 is 23.5 Å². The molecule has 3 aromatic rings. The summed E-state index contributed by atoms with van der Waals surface area (Å²) in [5.74, 6) is 1.49. The van der Waals surface area contributed by atoms with E-state index in [9.17, 15) is 4.79 Å². The average Bonchev–Trinajstić information content (AvgIpc) is 3.17. The van der Waals surface area contributed by atoms with Gasteiger partial charge in [0.05, 0.1) is 5.69 Å². The van der Waals surface area contributed by atoms with Gasteiger partial charge in [0.15, 0.2) is 5.82 Å². The Morgan fingerprint density at radius 3 is 2.79 bits per heavy atom. The van der Waals surface area contributed by atoms with E-state index in [1.165, 1.54) is 17.3 Å². The highest BCUT2D eigenvalue weighted by molar-refractivity contribution is 7.99. The summed E-state index contributed by atoms with van der Waals surface area (Å²) in [5.41, 5.74) is 2.05. The van der Waals surface area contributed by atoms with E-state index in [2.05, 4.69) is 26.0 Å². The number of hydrogen-bond donors (Lipinski definition) is 1. The molecule has 0 saturated heterocycles. The average molecular weight is 344 g/mol. The molecule has 0 unspecified atom stereocenters. The maximum Gasteiger partial charge on any atom is 0.226 e. The Bertz CT molecular complexity index is 827. The number of nitrogens with one attached hydrogen (secondary N) is 1. The van der Waals surface area contributed by atoms with Crippen molar-refractivity contribution in [3.63, 3.8) is 0 Å².